The molecular weight excluding hydrogens is 184 g/mol. The summed E-state index contributed by atoms with van der Waals surface area (Å²) in [5, 5.41) is 2.89. The maximum atomic E-state index is 11.3. The first kappa shape index (κ1) is 10.4. The van der Waals surface area contributed by atoms with Crippen molar-refractivity contribution >= 4 is 23.1 Å². The van der Waals surface area contributed by atoms with Crippen LogP contribution >= 0.6 is 12.2 Å². The van der Waals surface area contributed by atoms with Crippen LogP contribution in [-0.2, 0) is 4.79 Å². The highest BCUT2D eigenvalue weighted by Crippen LogP contribution is 2.25. The van der Waals surface area contributed by atoms with Crippen LogP contribution in [0.1, 0.15) is 32.1 Å². The molecule has 1 rings (SSSR count). The van der Waals surface area contributed by atoms with Crippen molar-refractivity contribution in [2.75, 3.05) is 6.54 Å². The van der Waals surface area contributed by atoms with E-state index in [0.717, 1.165) is 25.7 Å². The lowest BCUT2D eigenvalue weighted by molar-refractivity contribution is -0.127. The van der Waals surface area contributed by atoms with Crippen LogP contribution in [0.25, 0.3) is 0 Å². The summed E-state index contributed by atoms with van der Waals surface area (Å²) in [6, 6.07) is 0. The molecule has 0 unspecified atom stereocenters. The number of rotatable bonds is 5. The molecule has 1 saturated carbocycles. The monoisotopic (exact) mass is 200 g/mol. The van der Waals surface area contributed by atoms with Crippen molar-refractivity contribution in [2.24, 2.45) is 11.7 Å². The molecule has 0 atom stereocenters. The smallest absolute Gasteiger partial charge is 0.223 e. The molecule has 0 spiro atoms. The summed E-state index contributed by atoms with van der Waals surface area (Å²) < 4.78 is 0. The summed E-state index contributed by atoms with van der Waals surface area (Å²) in [5.74, 6) is 0.485. The van der Waals surface area contributed by atoms with E-state index in [-0.39, 0.29) is 11.8 Å². The van der Waals surface area contributed by atoms with E-state index in [9.17, 15) is 4.79 Å². The van der Waals surface area contributed by atoms with E-state index in [2.05, 4.69) is 5.32 Å². The van der Waals surface area contributed by atoms with Gasteiger partial charge in [-0.3, -0.25) is 4.79 Å². The molecule has 0 bridgehead atoms. The normalized spacial score (nSPS) is 16.3. The minimum absolute atomic E-state index is 0.203. The molecular formula is C9H16N2OS. The fraction of sp³-hybridized carbons (Fsp3) is 0.778. The molecule has 3 nitrogen and oxygen atoms in total. The van der Waals surface area contributed by atoms with Crippen LogP contribution in [0.2, 0.25) is 0 Å². The third kappa shape index (κ3) is 3.72. The van der Waals surface area contributed by atoms with Gasteiger partial charge in [0.2, 0.25) is 5.91 Å². The second-order valence-corrected chi connectivity index (χ2v) is 4.01. The Morgan fingerprint density at radius 3 is 2.69 bits per heavy atom. The molecule has 0 heterocycles. The van der Waals surface area contributed by atoms with Crippen molar-refractivity contribution in [3.05, 3.63) is 0 Å². The zero-order chi connectivity index (χ0) is 9.68. The molecule has 1 fully saturated rings. The average molecular weight is 200 g/mol. The molecule has 0 aliphatic heterocycles. The molecule has 0 aromatic heterocycles. The van der Waals surface area contributed by atoms with Gasteiger partial charge in [-0.05, 0) is 25.7 Å². The molecule has 0 radical (unpaired) electrons. The third-order valence-corrected chi connectivity index (χ3v) is 2.58. The maximum Gasteiger partial charge on any atom is 0.223 e. The Kier molecular flexibility index (Phi) is 4.15. The Morgan fingerprint density at radius 1 is 1.54 bits per heavy atom. The molecule has 13 heavy (non-hydrogen) atoms. The van der Waals surface area contributed by atoms with E-state index < -0.39 is 0 Å². The maximum absolute atomic E-state index is 11.3. The summed E-state index contributed by atoms with van der Waals surface area (Å²) >= 11 is 4.73. The number of thiocarbonyl (C=S) groups is 1. The first-order valence-corrected chi connectivity index (χ1v) is 5.17. The van der Waals surface area contributed by atoms with E-state index in [1.54, 1.807) is 0 Å². The second kappa shape index (κ2) is 5.17. The highest BCUT2D eigenvalue weighted by Gasteiger charge is 2.24. The topological polar surface area (TPSA) is 55.1 Å². The summed E-state index contributed by atoms with van der Waals surface area (Å²) in [5.41, 5.74) is 5.33. The van der Waals surface area contributed by atoms with Crippen LogP contribution in [0.5, 0.6) is 0 Å². The lowest BCUT2D eigenvalue weighted by Gasteiger charge is -2.23. The van der Waals surface area contributed by atoms with E-state index >= 15 is 0 Å². The van der Waals surface area contributed by atoms with Gasteiger partial charge in [-0.1, -0.05) is 18.6 Å². The Labute approximate surface area is 84.1 Å². The predicted octanol–water partition coefficient (Wildman–Crippen LogP) is 0.969. The number of nitrogens with two attached hydrogens (primary N) is 1. The number of carbonyl (C=O) groups is 1. The van der Waals surface area contributed by atoms with Crippen LogP contribution in [0.3, 0.4) is 0 Å². The van der Waals surface area contributed by atoms with E-state index in [0.29, 0.717) is 11.5 Å². The highest BCUT2D eigenvalue weighted by molar-refractivity contribution is 7.80. The zero-order valence-corrected chi connectivity index (χ0v) is 8.53. The fourth-order valence-corrected chi connectivity index (χ4v) is 1.43. The lowest BCUT2D eigenvalue weighted by Crippen LogP contribution is -2.35. The summed E-state index contributed by atoms with van der Waals surface area (Å²) in [6.45, 7) is 0.701. The summed E-state index contributed by atoms with van der Waals surface area (Å²) in [7, 11) is 0. The number of hydrogen-bond acceptors (Lipinski definition) is 2. The quantitative estimate of drug-likeness (QED) is 0.513. The van der Waals surface area contributed by atoms with Gasteiger partial charge in [0.05, 0.1) is 4.99 Å². The van der Waals surface area contributed by atoms with Gasteiger partial charge in [0.1, 0.15) is 0 Å². The van der Waals surface area contributed by atoms with Crippen molar-refractivity contribution in [3.8, 4) is 0 Å². The Hall–Kier alpha value is -0.640. The SMILES string of the molecule is NC(=S)CCCNC(=O)C1CCC1. The first-order valence-electron chi connectivity index (χ1n) is 4.76. The Bertz CT molecular complexity index is 202. The number of hydrogen-bond donors (Lipinski definition) is 2. The summed E-state index contributed by atoms with van der Waals surface area (Å²) in [4.78, 5) is 11.8. The minimum atomic E-state index is 0.203. The molecule has 1 amide bonds. The minimum Gasteiger partial charge on any atom is -0.393 e. The van der Waals surface area contributed by atoms with Gasteiger partial charge in [0.25, 0.3) is 0 Å². The van der Waals surface area contributed by atoms with Crippen molar-refractivity contribution in [3.63, 3.8) is 0 Å². The van der Waals surface area contributed by atoms with Crippen molar-refractivity contribution in [2.45, 2.75) is 32.1 Å². The van der Waals surface area contributed by atoms with E-state index in [1.165, 1.54) is 6.42 Å². The van der Waals surface area contributed by atoms with Gasteiger partial charge in [-0.2, -0.15) is 0 Å². The molecule has 0 aromatic rings. The van der Waals surface area contributed by atoms with Gasteiger partial charge in [-0.25, -0.2) is 0 Å². The zero-order valence-electron chi connectivity index (χ0n) is 7.71. The second-order valence-electron chi connectivity index (χ2n) is 3.49. The van der Waals surface area contributed by atoms with Gasteiger partial charge >= 0.3 is 0 Å². The third-order valence-electron chi connectivity index (χ3n) is 2.38. The standard InChI is InChI=1S/C9H16N2OS/c10-8(13)5-2-6-11-9(12)7-3-1-4-7/h7H,1-6H2,(H2,10,13)(H,11,12). The molecule has 1 aliphatic carbocycles. The highest BCUT2D eigenvalue weighted by atomic mass is 32.1. The van der Waals surface area contributed by atoms with Gasteiger partial charge in [0, 0.05) is 12.5 Å². The molecule has 0 aromatic carbocycles. The largest absolute Gasteiger partial charge is 0.393 e. The van der Waals surface area contributed by atoms with Crippen LogP contribution in [0.15, 0.2) is 0 Å². The van der Waals surface area contributed by atoms with Gasteiger partial charge in [0.15, 0.2) is 0 Å². The van der Waals surface area contributed by atoms with Gasteiger partial charge < -0.3 is 11.1 Å². The molecule has 4 heteroatoms. The van der Waals surface area contributed by atoms with Gasteiger partial charge in [-0.15, -0.1) is 0 Å². The number of amides is 1. The first-order chi connectivity index (χ1) is 6.20. The van der Waals surface area contributed by atoms with E-state index in [4.69, 9.17) is 18.0 Å². The summed E-state index contributed by atoms with van der Waals surface area (Å²) in [6.07, 6.45) is 4.89. The molecule has 1 aliphatic rings. The van der Waals surface area contributed by atoms with E-state index in [1.807, 2.05) is 0 Å². The van der Waals surface area contributed by atoms with Crippen molar-refractivity contribution in [1.82, 2.24) is 5.32 Å². The van der Waals surface area contributed by atoms with Crippen LogP contribution in [0.4, 0.5) is 0 Å². The fourth-order valence-electron chi connectivity index (χ4n) is 1.29. The predicted molar refractivity (Wildman–Crippen MR) is 56.4 cm³/mol. The Balaban J connectivity index is 1.98. The Morgan fingerprint density at radius 2 is 2.23 bits per heavy atom. The van der Waals surface area contributed by atoms with Crippen LogP contribution in [-0.4, -0.2) is 17.4 Å². The molecule has 74 valence electrons. The number of carbonyl (C=O) groups excluding carboxylic acids is 1. The average Bonchev–Trinajstić information content (AvgIpc) is 1.94. The molecule has 0 saturated heterocycles. The van der Waals surface area contributed by atoms with Crippen LogP contribution in [0, 0.1) is 5.92 Å². The lowest BCUT2D eigenvalue weighted by atomic mass is 9.85. The van der Waals surface area contributed by atoms with Crippen molar-refractivity contribution in [1.29, 1.82) is 0 Å². The molecule has 3 N–H and O–H groups in total. The number of nitrogens with one attached hydrogen (secondary N) is 1. The van der Waals surface area contributed by atoms with Crippen molar-refractivity contribution < 1.29 is 4.79 Å². The van der Waals surface area contributed by atoms with Crippen LogP contribution < -0.4 is 11.1 Å².